The van der Waals surface area contributed by atoms with E-state index < -0.39 is 5.92 Å². The largest absolute Gasteiger partial charge is 0.493 e. The van der Waals surface area contributed by atoms with Gasteiger partial charge in [0.15, 0.2) is 0 Å². The first kappa shape index (κ1) is 11.9. The summed E-state index contributed by atoms with van der Waals surface area (Å²) < 4.78 is 30.1. The van der Waals surface area contributed by atoms with Gasteiger partial charge in [0.2, 0.25) is 5.92 Å². The fourth-order valence-corrected chi connectivity index (χ4v) is 1.11. The fourth-order valence-electron chi connectivity index (χ4n) is 1.11. The molecule has 0 heterocycles. The van der Waals surface area contributed by atoms with E-state index in [0.29, 0.717) is 12.3 Å². The van der Waals surface area contributed by atoms with Crippen LogP contribution in [0, 0.1) is 0 Å². The third-order valence-corrected chi connectivity index (χ3v) is 1.94. The van der Waals surface area contributed by atoms with E-state index in [1.807, 2.05) is 6.07 Å². The van der Waals surface area contributed by atoms with Crippen LogP contribution in [-0.2, 0) is 6.54 Å². The van der Waals surface area contributed by atoms with Crippen LogP contribution < -0.4 is 10.5 Å². The molecule has 0 unspecified atom stereocenters. The van der Waals surface area contributed by atoms with Crippen molar-refractivity contribution in [3.63, 3.8) is 0 Å². The Labute approximate surface area is 88.0 Å². The molecule has 1 aromatic carbocycles. The highest BCUT2D eigenvalue weighted by atomic mass is 19.3. The highest BCUT2D eigenvalue weighted by molar-refractivity contribution is 5.28. The van der Waals surface area contributed by atoms with Crippen LogP contribution in [0.15, 0.2) is 24.3 Å². The molecule has 1 rings (SSSR count). The van der Waals surface area contributed by atoms with Gasteiger partial charge in [0.25, 0.3) is 0 Å². The number of rotatable bonds is 5. The summed E-state index contributed by atoms with van der Waals surface area (Å²) in [5.74, 6) is -2.09. The van der Waals surface area contributed by atoms with Crippen molar-refractivity contribution in [2.45, 2.75) is 25.8 Å². The van der Waals surface area contributed by atoms with Gasteiger partial charge in [-0.05, 0) is 24.6 Å². The van der Waals surface area contributed by atoms with Gasteiger partial charge in [0.05, 0.1) is 6.61 Å². The number of ether oxygens (including phenoxy) is 1. The molecule has 0 spiro atoms. The Balaban J connectivity index is 2.44. The van der Waals surface area contributed by atoms with Crippen molar-refractivity contribution in [1.82, 2.24) is 0 Å². The van der Waals surface area contributed by atoms with E-state index in [1.54, 1.807) is 18.2 Å². The number of alkyl halides is 2. The maximum absolute atomic E-state index is 12.5. The standard InChI is InChI=1S/C11H15F2NO/c1-11(12,13)5-6-15-10-4-2-3-9(7-10)8-14/h2-4,7H,5-6,8,14H2,1H3. The van der Waals surface area contributed by atoms with Crippen LogP contribution >= 0.6 is 0 Å². The number of hydrogen-bond acceptors (Lipinski definition) is 2. The van der Waals surface area contributed by atoms with Gasteiger partial charge in [-0.2, -0.15) is 0 Å². The fraction of sp³-hybridized carbons (Fsp3) is 0.455. The Kier molecular flexibility index (Phi) is 4.03. The van der Waals surface area contributed by atoms with Crippen LogP contribution in [0.2, 0.25) is 0 Å². The number of hydrogen-bond donors (Lipinski definition) is 1. The number of halogens is 2. The third kappa shape index (κ3) is 4.74. The quantitative estimate of drug-likeness (QED) is 0.819. The zero-order valence-electron chi connectivity index (χ0n) is 8.67. The van der Waals surface area contributed by atoms with Crippen LogP contribution in [0.5, 0.6) is 5.75 Å². The lowest BCUT2D eigenvalue weighted by Gasteiger charge is -2.11. The predicted molar refractivity (Wildman–Crippen MR) is 55.1 cm³/mol. The lowest BCUT2D eigenvalue weighted by atomic mass is 10.2. The van der Waals surface area contributed by atoms with Gasteiger partial charge in [0.1, 0.15) is 5.75 Å². The van der Waals surface area contributed by atoms with E-state index in [-0.39, 0.29) is 13.0 Å². The average Bonchev–Trinajstić information content (AvgIpc) is 2.16. The highest BCUT2D eigenvalue weighted by Gasteiger charge is 2.20. The van der Waals surface area contributed by atoms with Gasteiger partial charge in [-0.25, -0.2) is 8.78 Å². The van der Waals surface area contributed by atoms with Gasteiger partial charge in [0, 0.05) is 13.0 Å². The zero-order chi connectivity index (χ0) is 11.3. The second-order valence-electron chi connectivity index (χ2n) is 3.52. The minimum atomic E-state index is -2.68. The molecule has 0 saturated heterocycles. The summed E-state index contributed by atoms with van der Waals surface area (Å²) in [7, 11) is 0. The van der Waals surface area contributed by atoms with Crippen LogP contribution in [0.1, 0.15) is 18.9 Å². The van der Waals surface area contributed by atoms with Crippen molar-refractivity contribution in [3.05, 3.63) is 29.8 Å². The summed E-state index contributed by atoms with van der Waals surface area (Å²) in [6, 6.07) is 7.14. The molecule has 0 aliphatic rings. The summed E-state index contributed by atoms with van der Waals surface area (Å²) in [5.41, 5.74) is 6.37. The van der Waals surface area contributed by atoms with Crippen LogP contribution in [0.4, 0.5) is 8.78 Å². The summed E-state index contributed by atoms with van der Waals surface area (Å²) >= 11 is 0. The minimum Gasteiger partial charge on any atom is -0.493 e. The second-order valence-corrected chi connectivity index (χ2v) is 3.52. The van der Waals surface area contributed by atoms with E-state index >= 15 is 0 Å². The summed E-state index contributed by atoms with van der Waals surface area (Å²) in [6.45, 7) is 1.31. The molecule has 0 saturated carbocycles. The summed E-state index contributed by atoms with van der Waals surface area (Å²) in [6.07, 6.45) is -0.278. The second kappa shape index (κ2) is 5.07. The molecule has 2 nitrogen and oxygen atoms in total. The molecular weight excluding hydrogens is 200 g/mol. The van der Waals surface area contributed by atoms with Crippen molar-refractivity contribution in [1.29, 1.82) is 0 Å². The molecule has 4 heteroatoms. The lowest BCUT2D eigenvalue weighted by Crippen LogP contribution is -2.14. The maximum Gasteiger partial charge on any atom is 0.248 e. The Morgan fingerprint density at radius 2 is 2.13 bits per heavy atom. The molecule has 2 N–H and O–H groups in total. The predicted octanol–water partition coefficient (Wildman–Crippen LogP) is 2.57. The normalized spacial score (nSPS) is 11.5. The zero-order valence-corrected chi connectivity index (χ0v) is 8.67. The molecule has 0 fully saturated rings. The van der Waals surface area contributed by atoms with Gasteiger partial charge in [-0.1, -0.05) is 12.1 Å². The van der Waals surface area contributed by atoms with E-state index in [9.17, 15) is 8.78 Å². The number of benzene rings is 1. The Morgan fingerprint density at radius 3 is 2.73 bits per heavy atom. The lowest BCUT2D eigenvalue weighted by molar-refractivity contribution is 0.000861. The molecule has 0 aliphatic carbocycles. The molecular formula is C11H15F2NO. The van der Waals surface area contributed by atoms with Gasteiger partial charge < -0.3 is 10.5 Å². The van der Waals surface area contributed by atoms with E-state index in [0.717, 1.165) is 12.5 Å². The van der Waals surface area contributed by atoms with Crippen LogP contribution in [-0.4, -0.2) is 12.5 Å². The Morgan fingerprint density at radius 1 is 1.40 bits per heavy atom. The van der Waals surface area contributed by atoms with E-state index in [2.05, 4.69) is 0 Å². The van der Waals surface area contributed by atoms with Gasteiger partial charge in [-0.3, -0.25) is 0 Å². The Hall–Kier alpha value is -1.16. The molecule has 84 valence electrons. The van der Waals surface area contributed by atoms with E-state index in [4.69, 9.17) is 10.5 Å². The molecule has 15 heavy (non-hydrogen) atoms. The van der Waals surface area contributed by atoms with Crippen molar-refractivity contribution in [2.75, 3.05) is 6.61 Å². The topological polar surface area (TPSA) is 35.2 Å². The Bertz CT molecular complexity index is 310. The number of nitrogens with two attached hydrogens (primary N) is 1. The first-order valence-corrected chi connectivity index (χ1v) is 4.81. The molecule has 0 aromatic heterocycles. The van der Waals surface area contributed by atoms with Crippen LogP contribution in [0.3, 0.4) is 0 Å². The first-order chi connectivity index (χ1) is 7.01. The van der Waals surface area contributed by atoms with Crippen molar-refractivity contribution in [2.24, 2.45) is 5.73 Å². The molecule has 0 bridgehead atoms. The molecule has 0 aliphatic heterocycles. The van der Waals surface area contributed by atoms with Crippen molar-refractivity contribution >= 4 is 0 Å². The van der Waals surface area contributed by atoms with Crippen molar-refractivity contribution < 1.29 is 13.5 Å². The smallest absolute Gasteiger partial charge is 0.248 e. The maximum atomic E-state index is 12.5. The highest BCUT2D eigenvalue weighted by Crippen LogP contribution is 2.18. The first-order valence-electron chi connectivity index (χ1n) is 4.81. The molecule has 0 radical (unpaired) electrons. The minimum absolute atomic E-state index is 0.0114. The van der Waals surface area contributed by atoms with Gasteiger partial charge in [-0.15, -0.1) is 0 Å². The molecule has 0 amide bonds. The molecule has 1 aromatic rings. The van der Waals surface area contributed by atoms with E-state index in [1.165, 1.54) is 0 Å². The summed E-state index contributed by atoms with van der Waals surface area (Å²) in [4.78, 5) is 0. The van der Waals surface area contributed by atoms with Gasteiger partial charge >= 0.3 is 0 Å². The average molecular weight is 215 g/mol. The van der Waals surface area contributed by atoms with Crippen molar-refractivity contribution in [3.8, 4) is 5.75 Å². The monoisotopic (exact) mass is 215 g/mol. The van der Waals surface area contributed by atoms with Crippen LogP contribution in [0.25, 0.3) is 0 Å². The SMILES string of the molecule is CC(F)(F)CCOc1cccc(CN)c1. The third-order valence-electron chi connectivity index (χ3n) is 1.94. The summed E-state index contributed by atoms with van der Waals surface area (Å²) in [5, 5.41) is 0. The molecule has 0 atom stereocenters.